The molecule has 4 rings (SSSR count). The van der Waals surface area contributed by atoms with Crippen LogP contribution < -0.4 is 0 Å². The summed E-state index contributed by atoms with van der Waals surface area (Å²) in [7, 11) is 0. The Kier molecular flexibility index (Phi) is 4.65. The molecular formula is C24H31NO3. The molecule has 1 saturated heterocycles. The number of aliphatic hydroxyl groups excluding tert-OH is 2. The zero-order chi connectivity index (χ0) is 20.2. The van der Waals surface area contributed by atoms with E-state index in [1.807, 2.05) is 12.1 Å². The zero-order valence-electron chi connectivity index (χ0n) is 17.1. The van der Waals surface area contributed by atoms with Gasteiger partial charge in [-0.3, -0.25) is 9.69 Å². The van der Waals surface area contributed by atoms with Crippen molar-refractivity contribution in [1.29, 1.82) is 0 Å². The molecule has 2 bridgehead atoms. The lowest BCUT2D eigenvalue weighted by Gasteiger charge is -2.61. The molecule has 1 aliphatic carbocycles. The highest BCUT2D eigenvalue weighted by atomic mass is 16.3. The number of hydrogen-bond acceptors (Lipinski definition) is 4. The van der Waals surface area contributed by atoms with Crippen LogP contribution in [0.2, 0.25) is 0 Å². The number of piperidine rings is 1. The first kappa shape index (κ1) is 19.6. The molecule has 4 heteroatoms. The average molecular weight is 382 g/mol. The Balaban J connectivity index is 1.76. The van der Waals surface area contributed by atoms with E-state index in [0.29, 0.717) is 25.9 Å². The smallest absolute Gasteiger partial charge is 0.134 e. The number of aliphatic hydroxyl groups is 2. The van der Waals surface area contributed by atoms with Gasteiger partial charge < -0.3 is 10.2 Å². The molecule has 1 unspecified atom stereocenters. The van der Waals surface area contributed by atoms with Crippen molar-refractivity contribution < 1.29 is 15.0 Å². The SMILES string of the molecule is CC(C)(C)N1C[C@]2(CO)CC(=O)C[C@](Cc3ccc4ccccc4c3)(C1)C2O. The summed E-state index contributed by atoms with van der Waals surface area (Å²) < 4.78 is 0. The molecule has 2 N–H and O–H groups in total. The highest BCUT2D eigenvalue weighted by molar-refractivity contribution is 5.83. The number of hydrogen-bond donors (Lipinski definition) is 2. The van der Waals surface area contributed by atoms with Gasteiger partial charge in [0.2, 0.25) is 0 Å². The standard InChI is InChI=1S/C24H31NO3/c1-22(2,3)25-14-23(12-20(27)13-24(15-25,16-26)21(23)28)11-17-8-9-18-6-4-5-7-19(18)10-17/h4-10,21,26,28H,11-16H2,1-3H3/t21?,23-,24+/m1/s1. The Morgan fingerprint density at radius 3 is 2.36 bits per heavy atom. The van der Waals surface area contributed by atoms with E-state index in [0.717, 1.165) is 5.56 Å². The van der Waals surface area contributed by atoms with E-state index < -0.39 is 16.9 Å². The van der Waals surface area contributed by atoms with Crippen LogP contribution in [0.15, 0.2) is 42.5 Å². The maximum absolute atomic E-state index is 12.7. The largest absolute Gasteiger partial charge is 0.396 e. The molecule has 0 spiro atoms. The lowest BCUT2D eigenvalue weighted by molar-refractivity contribution is -0.195. The second kappa shape index (κ2) is 6.65. The summed E-state index contributed by atoms with van der Waals surface area (Å²) in [6, 6.07) is 14.6. The maximum atomic E-state index is 12.7. The fourth-order valence-electron chi connectivity index (χ4n) is 5.43. The summed E-state index contributed by atoms with van der Waals surface area (Å²) in [4.78, 5) is 15.1. The molecule has 28 heavy (non-hydrogen) atoms. The summed E-state index contributed by atoms with van der Waals surface area (Å²) in [6.45, 7) is 7.55. The Morgan fingerprint density at radius 1 is 1.04 bits per heavy atom. The van der Waals surface area contributed by atoms with Crippen LogP contribution in [0.25, 0.3) is 10.8 Å². The number of rotatable bonds is 3. The van der Waals surface area contributed by atoms with E-state index in [4.69, 9.17) is 0 Å². The van der Waals surface area contributed by atoms with E-state index in [1.165, 1.54) is 10.8 Å². The Hall–Kier alpha value is -1.75. The third-order valence-corrected chi connectivity index (χ3v) is 6.90. The number of nitrogens with zero attached hydrogens (tertiary/aromatic N) is 1. The van der Waals surface area contributed by atoms with Gasteiger partial charge in [-0.2, -0.15) is 0 Å². The average Bonchev–Trinajstić information content (AvgIpc) is 2.63. The molecule has 1 saturated carbocycles. The third kappa shape index (κ3) is 3.18. The van der Waals surface area contributed by atoms with Crippen LogP contribution in [-0.2, 0) is 11.2 Å². The quantitative estimate of drug-likeness (QED) is 0.857. The predicted octanol–water partition coefficient (Wildman–Crippen LogP) is 3.19. The van der Waals surface area contributed by atoms with Gasteiger partial charge in [-0.05, 0) is 43.5 Å². The van der Waals surface area contributed by atoms with Crippen molar-refractivity contribution in [2.24, 2.45) is 10.8 Å². The fraction of sp³-hybridized carbons (Fsp3) is 0.542. The van der Waals surface area contributed by atoms with Gasteiger partial charge in [-0.25, -0.2) is 0 Å². The summed E-state index contributed by atoms with van der Waals surface area (Å²) in [6.07, 6.45) is 0.582. The van der Waals surface area contributed by atoms with Gasteiger partial charge in [0, 0.05) is 42.3 Å². The Labute approximate surface area is 167 Å². The first-order valence-corrected chi connectivity index (χ1v) is 10.2. The monoisotopic (exact) mass is 381 g/mol. The molecule has 0 aromatic heterocycles. The molecule has 2 fully saturated rings. The predicted molar refractivity (Wildman–Crippen MR) is 111 cm³/mol. The van der Waals surface area contributed by atoms with Gasteiger partial charge in [0.1, 0.15) is 5.78 Å². The maximum Gasteiger partial charge on any atom is 0.134 e. The first-order chi connectivity index (χ1) is 13.2. The number of ketones is 1. The van der Waals surface area contributed by atoms with Gasteiger partial charge in [-0.15, -0.1) is 0 Å². The van der Waals surface area contributed by atoms with Gasteiger partial charge >= 0.3 is 0 Å². The van der Waals surface area contributed by atoms with Gasteiger partial charge in [-0.1, -0.05) is 42.5 Å². The molecule has 2 aliphatic rings. The van der Waals surface area contributed by atoms with Crippen LogP contribution in [0.5, 0.6) is 0 Å². The van der Waals surface area contributed by atoms with Crippen LogP contribution >= 0.6 is 0 Å². The lowest BCUT2D eigenvalue weighted by Crippen LogP contribution is -2.70. The zero-order valence-corrected chi connectivity index (χ0v) is 17.1. The first-order valence-electron chi connectivity index (χ1n) is 10.2. The van der Waals surface area contributed by atoms with E-state index in [-0.39, 0.29) is 24.3 Å². The van der Waals surface area contributed by atoms with E-state index >= 15 is 0 Å². The highest BCUT2D eigenvalue weighted by Gasteiger charge is 2.60. The van der Waals surface area contributed by atoms with Crippen molar-refractivity contribution in [3.05, 3.63) is 48.0 Å². The number of Topliss-reactive ketones (excluding diaryl/α,β-unsaturated/α-hetero) is 1. The van der Waals surface area contributed by atoms with Crippen LogP contribution in [0.1, 0.15) is 39.2 Å². The van der Waals surface area contributed by atoms with Crippen LogP contribution in [0.3, 0.4) is 0 Å². The summed E-state index contributed by atoms with van der Waals surface area (Å²) in [5, 5.41) is 24.0. The number of likely N-dealkylation sites (tertiary alicyclic amines) is 1. The van der Waals surface area contributed by atoms with Crippen molar-refractivity contribution in [2.75, 3.05) is 19.7 Å². The Bertz CT molecular complexity index is 902. The molecule has 0 radical (unpaired) electrons. The van der Waals surface area contributed by atoms with E-state index in [1.54, 1.807) is 0 Å². The highest BCUT2D eigenvalue weighted by Crippen LogP contribution is 2.52. The molecule has 150 valence electrons. The van der Waals surface area contributed by atoms with E-state index in [2.05, 4.69) is 56.0 Å². The summed E-state index contributed by atoms with van der Waals surface area (Å²) >= 11 is 0. The molecule has 3 atom stereocenters. The molecule has 2 aromatic carbocycles. The third-order valence-electron chi connectivity index (χ3n) is 6.90. The Morgan fingerprint density at radius 2 is 1.68 bits per heavy atom. The molecule has 2 aromatic rings. The van der Waals surface area contributed by atoms with Crippen LogP contribution in [0.4, 0.5) is 0 Å². The van der Waals surface area contributed by atoms with Crippen molar-refractivity contribution in [3.8, 4) is 0 Å². The minimum absolute atomic E-state index is 0.0877. The van der Waals surface area contributed by atoms with Crippen molar-refractivity contribution >= 4 is 16.6 Å². The van der Waals surface area contributed by atoms with Crippen molar-refractivity contribution in [2.45, 2.75) is 51.7 Å². The topological polar surface area (TPSA) is 60.8 Å². The van der Waals surface area contributed by atoms with Crippen molar-refractivity contribution in [3.63, 3.8) is 0 Å². The normalized spacial score (nSPS) is 31.3. The van der Waals surface area contributed by atoms with Gasteiger partial charge in [0.05, 0.1) is 12.7 Å². The lowest BCUT2D eigenvalue weighted by atomic mass is 9.54. The fourth-order valence-corrected chi connectivity index (χ4v) is 5.43. The number of carbonyl (C=O) groups is 1. The van der Waals surface area contributed by atoms with E-state index in [9.17, 15) is 15.0 Å². The molecule has 1 heterocycles. The summed E-state index contributed by atoms with van der Waals surface area (Å²) in [5.41, 5.74) is -0.283. The minimum atomic E-state index is -0.766. The number of benzene rings is 2. The molecule has 4 nitrogen and oxygen atoms in total. The second-order valence-corrected chi connectivity index (χ2v) is 10.1. The molecule has 0 amide bonds. The molecular weight excluding hydrogens is 350 g/mol. The molecule has 1 aliphatic heterocycles. The minimum Gasteiger partial charge on any atom is -0.396 e. The van der Waals surface area contributed by atoms with Crippen LogP contribution in [0, 0.1) is 10.8 Å². The summed E-state index contributed by atoms with van der Waals surface area (Å²) in [5.74, 6) is 0.161. The van der Waals surface area contributed by atoms with Gasteiger partial charge in [0.15, 0.2) is 0 Å². The van der Waals surface area contributed by atoms with Crippen molar-refractivity contribution in [1.82, 2.24) is 4.90 Å². The number of fused-ring (bicyclic) bond motifs is 3. The second-order valence-electron chi connectivity index (χ2n) is 10.1. The van der Waals surface area contributed by atoms with Crippen LogP contribution in [-0.4, -0.2) is 52.2 Å². The van der Waals surface area contributed by atoms with Gasteiger partial charge in [0.25, 0.3) is 0 Å². The number of carbonyl (C=O) groups excluding carboxylic acids is 1.